The van der Waals surface area contributed by atoms with E-state index < -0.39 is 0 Å². The van der Waals surface area contributed by atoms with Crippen molar-refractivity contribution in [1.82, 2.24) is 25.2 Å². The fraction of sp³-hybridized carbons (Fsp3) is 0.276. The van der Waals surface area contributed by atoms with Crippen molar-refractivity contribution in [3.05, 3.63) is 78.4 Å². The minimum Gasteiger partial charge on any atom is -0.494 e. The van der Waals surface area contributed by atoms with Crippen LogP contribution in [-0.4, -0.2) is 37.7 Å². The highest BCUT2D eigenvalue weighted by atomic mass is 32.1. The molecule has 5 aromatic rings. The van der Waals surface area contributed by atoms with Crippen LogP contribution in [0.25, 0.3) is 32.2 Å². The number of para-hydroxylation sites is 1. The van der Waals surface area contributed by atoms with Gasteiger partial charge in [0, 0.05) is 16.7 Å². The summed E-state index contributed by atoms with van der Waals surface area (Å²) in [7, 11) is 0. The van der Waals surface area contributed by atoms with Crippen molar-refractivity contribution in [2.45, 2.75) is 45.4 Å². The van der Waals surface area contributed by atoms with E-state index in [0.29, 0.717) is 16.6 Å². The van der Waals surface area contributed by atoms with Gasteiger partial charge in [-0.3, -0.25) is 4.79 Å². The van der Waals surface area contributed by atoms with E-state index in [-0.39, 0.29) is 5.91 Å². The van der Waals surface area contributed by atoms with Gasteiger partial charge in [0.2, 0.25) is 0 Å². The Kier molecular flexibility index (Phi) is 7.96. The van der Waals surface area contributed by atoms with Gasteiger partial charge in [0.05, 0.1) is 12.1 Å². The molecule has 37 heavy (non-hydrogen) atoms. The number of ether oxygens (including phenoxy) is 1. The second-order valence-corrected chi connectivity index (χ2v) is 9.90. The number of unbranched alkanes of at least 4 members (excludes halogenated alkanes) is 5. The van der Waals surface area contributed by atoms with Crippen LogP contribution >= 0.6 is 11.3 Å². The molecule has 0 aliphatic rings. The second kappa shape index (κ2) is 11.9. The molecule has 188 valence electrons. The van der Waals surface area contributed by atoms with Gasteiger partial charge in [-0.25, -0.2) is 0 Å². The molecule has 2 heterocycles. The van der Waals surface area contributed by atoms with Crippen molar-refractivity contribution in [2.75, 3.05) is 6.61 Å². The van der Waals surface area contributed by atoms with Crippen molar-refractivity contribution >= 4 is 28.3 Å². The highest BCUT2D eigenvalue weighted by Crippen LogP contribution is 2.31. The molecule has 0 spiro atoms. The topological polar surface area (TPSA) is 82.8 Å². The molecule has 0 saturated carbocycles. The predicted molar refractivity (Wildman–Crippen MR) is 147 cm³/mol. The highest BCUT2D eigenvalue weighted by molar-refractivity contribution is 7.17. The van der Waals surface area contributed by atoms with Gasteiger partial charge in [-0.15, -0.1) is 15.3 Å². The molecule has 0 radical (unpaired) electrons. The maximum atomic E-state index is 12.9. The normalized spacial score (nSPS) is 11.2. The minimum absolute atomic E-state index is 0.225. The molecule has 7 nitrogen and oxygen atoms in total. The first-order chi connectivity index (χ1) is 18.2. The average Bonchev–Trinajstić information content (AvgIpc) is 3.61. The summed E-state index contributed by atoms with van der Waals surface area (Å²) in [5, 5.41) is 18.5. The number of rotatable bonds is 11. The molecule has 0 aliphatic heterocycles. The Morgan fingerprint density at radius 2 is 1.43 bits per heavy atom. The first-order valence-corrected chi connectivity index (χ1v) is 13.6. The van der Waals surface area contributed by atoms with E-state index in [9.17, 15) is 4.79 Å². The molecular formula is C29H29N5O2S. The van der Waals surface area contributed by atoms with Crippen molar-refractivity contribution in [2.24, 2.45) is 0 Å². The van der Waals surface area contributed by atoms with Crippen LogP contribution in [0.2, 0.25) is 0 Å². The Morgan fingerprint density at radius 1 is 0.784 bits per heavy atom. The summed E-state index contributed by atoms with van der Waals surface area (Å²) in [6.07, 6.45) is 7.51. The lowest BCUT2D eigenvalue weighted by molar-refractivity contribution is 0.0948. The molecule has 0 aliphatic carbocycles. The van der Waals surface area contributed by atoms with Crippen LogP contribution in [0.4, 0.5) is 0 Å². The molecule has 5 rings (SSSR count). The molecule has 3 aromatic carbocycles. The first kappa shape index (κ1) is 24.8. The van der Waals surface area contributed by atoms with E-state index in [0.717, 1.165) is 39.9 Å². The van der Waals surface area contributed by atoms with Gasteiger partial charge < -0.3 is 4.74 Å². The van der Waals surface area contributed by atoms with E-state index in [1.54, 1.807) is 12.1 Å². The summed E-state index contributed by atoms with van der Waals surface area (Å²) < 4.78 is 7.22. The number of benzene rings is 3. The Morgan fingerprint density at radius 3 is 2.16 bits per heavy atom. The summed E-state index contributed by atoms with van der Waals surface area (Å²) in [5.41, 5.74) is 3.80. The number of carbonyl (C=O) groups is 1. The van der Waals surface area contributed by atoms with Crippen LogP contribution in [0.15, 0.2) is 72.8 Å². The zero-order valence-corrected chi connectivity index (χ0v) is 21.7. The Hall–Kier alpha value is -3.91. The monoisotopic (exact) mass is 511 g/mol. The molecule has 0 atom stereocenters. The third-order valence-corrected chi connectivity index (χ3v) is 7.24. The van der Waals surface area contributed by atoms with Gasteiger partial charge in [0.25, 0.3) is 5.91 Å². The number of fused-ring (bicyclic) bond motifs is 1. The quantitative estimate of drug-likeness (QED) is 0.177. The fourth-order valence-electron chi connectivity index (χ4n) is 4.12. The summed E-state index contributed by atoms with van der Waals surface area (Å²) in [4.78, 5) is 12.9. The Labute approximate surface area is 220 Å². The number of aromatic nitrogens is 5. The third kappa shape index (κ3) is 5.91. The molecule has 0 unspecified atom stereocenters. The molecule has 8 heteroatoms. The SMILES string of the molecule is CCCCCCCCOc1ccc(-c2nnc(-c3ccc(C(=O)n4nnc5ccccc54)cc3)s2)cc1. The minimum atomic E-state index is -0.225. The molecule has 0 bridgehead atoms. The lowest BCUT2D eigenvalue weighted by atomic mass is 10.1. The molecule has 2 aromatic heterocycles. The van der Waals surface area contributed by atoms with Gasteiger partial charge in [-0.2, -0.15) is 4.68 Å². The number of carbonyl (C=O) groups excluding carboxylic acids is 1. The molecular weight excluding hydrogens is 482 g/mol. The van der Waals surface area contributed by atoms with Crippen LogP contribution in [0.5, 0.6) is 5.75 Å². The van der Waals surface area contributed by atoms with Gasteiger partial charge in [-0.1, -0.05) is 79.8 Å². The molecule has 0 N–H and O–H groups in total. The summed E-state index contributed by atoms with van der Waals surface area (Å²) >= 11 is 1.51. The summed E-state index contributed by atoms with van der Waals surface area (Å²) in [6.45, 7) is 2.99. The maximum absolute atomic E-state index is 12.9. The van der Waals surface area contributed by atoms with Crippen molar-refractivity contribution < 1.29 is 9.53 Å². The molecule has 0 saturated heterocycles. The van der Waals surface area contributed by atoms with Crippen molar-refractivity contribution in [3.63, 3.8) is 0 Å². The van der Waals surface area contributed by atoms with Crippen LogP contribution in [0, 0.1) is 0 Å². The number of nitrogens with zero attached hydrogens (tertiary/aromatic N) is 5. The van der Waals surface area contributed by atoms with Crippen molar-refractivity contribution in [1.29, 1.82) is 0 Å². The lowest BCUT2D eigenvalue weighted by Crippen LogP contribution is -2.13. The van der Waals surface area contributed by atoms with Gasteiger partial charge in [0.1, 0.15) is 21.3 Å². The number of hydrogen-bond donors (Lipinski definition) is 0. The molecule has 0 amide bonds. The van der Waals surface area contributed by atoms with Gasteiger partial charge in [-0.05, 0) is 55.0 Å². The Bertz CT molecular complexity index is 1460. The van der Waals surface area contributed by atoms with E-state index in [1.165, 1.54) is 48.1 Å². The smallest absolute Gasteiger partial charge is 0.280 e. The summed E-state index contributed by atoms with van der Waals surface area (Å²) in [6, 6.07) is 22.7. The first-order valence-electron chi connectivity index (χ1n) is 12.8. The highest BCUT2D eigenvalue weighted by Gasteiger charge is 2.15. The Balaban J connectivity index is 1.19. The van der Waals surface area contributed by atoms with E-state index in [1.807, 2.05) is 60.7 Å². The van der Waals surface area contributed by atoms with E-state index in [2.05, 4.69) is 27.4 Å². The average molecular weight is 512 g/mol. The summed E-state index contributed by atoms with van der Waals surface area (Å²) in [5.74, 6) is 0.652. The third-order valence-electron chi connectivity index (χ3n) is 6.22. The lowest BCUT2D eigenvalue weighted by Gasteiger charge is -2.06. The van der Waals surface area contributed by atoms with Gasteiger partial charge >= 0.3 is 0 Å². The standard InChI is InChI=1S/C29H29N5O2S/c1-2-3-4-5-6-9-20-36-24-18-16-22(17-19-24)28-32-31-27(37-28)21-12-14-23(15-13-21)29(35)34-26-11-8-7-10-25(26)30-33-34/h7-8,10-19H,2-6,9,20H2,1H3. The van der Waals surface area contributed by atoms with Crippen LogP contribution in [-0.2, 0) is 0 Å². The largest absolute Gasteiger partial charge is 0.494 e. The van der Waals surface area contributed by atoms with Gasteiger partial charge in [0.15, 0.2) is 0 Å². The van der Waals surface area contributed by atoms with E-state index >= 15 is 0 Å². The zero-order chi connectivity index (χ0) is 25.5. The number of hydrogen-bond acceptors (Lipinski definition) is 7. The molecule has 0 fully saturated rings. The van der Waals surface area contributed by atoms with Crippen LogP contribution < -0.4 is 4.74 Å². The van der Waals surface area contributed by atoms with Crippen LogP contribution in [0.1, 0.15) is 55.8 Å². The predicted octanol–water partition coefficient (Wildman–Crippen LogP) is 7.04. The van der Waals surface area contributed by atoms with E-state index in [4.69, 9.17) is 4.74 Å². The van der Waals surface area contributed by atoms with Crippen molar-refractivity contribution in [3.8, 4) is 26.9 Å². The van der Waals surface area contributed by atoms with Crippen LogP contribution in [0.3, 0.4) is 0 Å². The zero-order valence-electron chi connectivity index (χ0n) is 20.8. The second-order valence-electron chi connectivity index (χ2n) is 8.93. The maximum Gasteiger partial charge on any atom is 0.280 e. The fourth-order valence-corrected chi connectivity index (χ4v) is 4.97.